The van der Waals surface area contributed by atoms with E-state index in [2.05, 4.69) is 27.1 Å². The molecule has 1 aromatic carbocycles. The Morgan fingerprint density at radius 2 is 2.10 bits per heavy atom. The van der Waals surface area contributed by atoms with Crippen molar-refractivity contribution in [3.63, 3.8) is 0 Å². The number of thiazole rings is 1. The molecule has 2 aromatic heterocycles. The van der Waals surface area contributed by atoms with Gasteiger partial charge < -0.3 is 10.2 Å². The third-order valence-electron chi connectivity index (χ3n) is 5.16. The summed E-state index contributed by atoms with van der Waals surface area (Å²) in [6, 6.07) is 6.01. The Kier molecular flexibility index (Phi) is 6.01. The quantitative estimate of drug-likeness (QED) is 0.471. The summed E-state index contributed by atoms with van der Waals surface area (Å²) in [5.74, 6) is 0.950. The van der Waals surface area contributed by atoms with Gasteiger partial charge in [-0.3, -0.25) is 4.79 Å². The highest BCUT2D eigenvalue weighted by molar-refractivity contribution is 8.00. The van der Waals surface area contributed by atoms with Crippen LogP contribution in [0.1, 0.15) is 30.9 Å². The number of rotatable bonds is 5. The molecule has 1 N–H and O–H groups in total. The second kappa shape index (κ2) is 8.67. The van der Waals surface area contributed by atoms with Gasteiger partial charge in [-0.25, -0.2) is 9.97 Å². The van der Waals surface area contributed by atoms with Crippen LogP contribution in [0.25, 0.3) is 10.3 Å². The Balaban J connectivity index is 1.47. The van der Waals surface area contributed by atoms with Crippen LogP contribution in [-0.2, 0) is 4.79 Å². The van der Waals surface area contributed by atoms with Crippen LogP contribution in [0.4, 0.5) is 10.8 Å². The van der Waals surface area contributed by atoms with Crippen LogP contribution in [0.5, 0.6) is 0 Å². The van der Waals surface area contributed by atoms with Crippen LogP contribution in [0.15, 0.2) is 29.6 Å². The third kappa shape index (κ3) is 4.53. The molecule has 8 heteroatoms. The highest BCUT2D eigenvalue weighted by Crippen LogP contribution is 2.35. The predicted octanol–water partition coefficient (Wildman–Crippen LogP) is 4.67. The molecule has 1 fully saturated rings. The van der Waals surface area contributed by atoms with E-state index < -0.39 is 0 Å². The van der Waals surface area contributed by atoms with Crippen molar-refractivity contribution in [2.45, 2.75) is 38.6 Å². The maximum absolute atomic E-state index is 12.5. The number of carbonyl (C=O) groups excluding carboxylic acids is 1. The predicted molar refractivity (Wildman–Crippen MR) is 121 cm³/mol. The van der Waals surface area contributed by atoms with E-state index in [0.29, 0.717) is 11.7 Å². The van der Waals surface area contributed by atoms with Gasteiger partial charge in [0.15, 0.2) is 10.8 Å². The SMILES string of the molecule is Cc1cccc(C)c1NC(=O)CSc1ncnc2nc(N3CCCC(C)C3)sc12. The van der Waals surface area contributed by atoms with Crippen LogP contribution in [0.2, 0.25) is 0 Å². The monoisotopic (exact) mass is 427 g/mol. The van der Waals surface area contributed by atoms with Gasteiger partial charge in [0.1, 0.15) is 16.1 Å². The number of piperidine rings is 1. The molecule has 6 nitrogen and oxygen atoms in total. The lowest BCUT2D eigenvalue weighted by Crippen LogP contribution is -2.34. The molecule has 1 amide bonds. The van der Waals surface area contributed by atoms with Gasteiger partial charge in [-0.15, -0.1) is 0 Å². The molecule has 0 aliphatic carbocycles. The molecule has 0 bridgehead atoms. The number of nitrogens with one attached hydrogen (secondary N) is 1. The second-order valence-electron chi connectivity index (χ2n) is 7.63. The van der Waals surface area contributed by atoms with E-state index in [1.807, 2.05) is 32.0 Å². The van der Waals surface area contributed by atoms with E-state index in [1.54, 1.807) is 11.3 Å². The van der Waals surface area contributed by atoms with Gasteiger partial charge in [0.2, 0.25) is 5.91 Å². The summed E-state index contributed by atoms with van der Waals surface area (Å²) in [6.07, 6.45) is 4.01. The van der Waals surface area contributed by atoms with Crippen molar-refractivity contribution in [2.24, 2.45) is 5.92 Å². The van der Waals surface area contributed by atoms with Crippen LogP contribution in [-0.4, -0.2) is 39.7 Å². The molecule has 152 valence electrons. The van der Waals surface area contributed by atoms with E-state index in [1.165, 1.54) is 30.9 Å². The topological polar surface area (TPSA) is 71.0 Å². The highest BCUT2D eigenvalue weighted by Gasteiger charge is 2.21. The lowest BCUT2D eigenvalue weighted by molar-refractivity contribution is -0.113. The van der Waals surface area contributed by atoms with Crippen LogP contribution in [0.3, 0.4) is 0 Å². The third-order valence-corrected chi connectivity index (χ3v) is 7.39. The molecular weight excluding hydrogens is 402 g/mol. The fourth-order valence-electron chi connectivity index (χ4n) is 3.64. The Labute approximate surface area is 179 Å². The lowest BCUT2D eigenvalue weighted by Gasteiger charge is -2.30. The fraction of sp³-hybridized carbons (Fsp3) is 0.429. The minimum Gasteiger partial charge on any atom is -0.348 e. The summed E-state index contributed by atoms with van der Waals surface area (Å²) in [5, 5.41) is 4.86. The van der Waals surface area contributed by atoms with Crippen molar-refractivity contribution in [1.29, 1.82) is 0 Å². The Bertz CT molecular complexity index is 1010. The molecule has 29 heavy (non-hydrogen) atoms. The molecular formula is C21H25N5OS2. The van der Waals surface area contributed by atoms with E-state index in [9.17, 15) is 4.79 Å². The summed E-state index contributed by atoms with van der Waals surface area (Å²) in [7, 11) is 0. The molecule has 4 rings (SSSR count). The molecule has 1 aliphatic rings. The summed E-state index contributed by atoms with van der Waals surface area (Å²) < 4.78 is 0.964. The number of para-hydroxylation sites is 1. The molecule has 1 saturated heterocycles. The average molecular weight is 428 g/mol. The number of nitrogens with zero attached hydrogens (tertiary/aromatic N) is 4. The maximum atomic E-state index is 12.5. The first-order chi connectivity index (χ1) is 14.0. The molecule has 0 radical (unpaired) electrons. The Morgan fingerprint density at radius 1 is 1.31 bits per heavy atom. The Hall–Kier alpha value is -2.19. The molecule has 1 unspecified atom stereocenters. The number of hydrogen-bond acceptors (Lipinski definition) is 7. The summed E-state index contributed by atoms with van der Waals surface area (Å²) in [4.78, 5) is 28.4. The fourth-order valence-corrected chi connectivity index (χ4v) is 5.57. The molecule has 3 heterocycles. The van der Waals surface area contributed by atoms with Gasteiger partial charge in [-0.1, -0.05) is 48.2 Å². The molecule has 0 saturated carbocycles. The number of hydrogen-bond donors (Lipinski definition) is 1. The van der Waals surface area contributed by atoms with Gasteiger partial charge in [-0.05, 0) is 43.7 Å². The van der Waals surface area contributed by atoms with E-state index in [0.717, 1.165) is 50.4 Å². The van der Waals surface area contributed by atoms with Crippen molar-refractivity contribution in [1.82, 2.24) is 15.0 Å². The normalized spacial score (nSPS) is 16.9. The van der Waals surface area contributed by atoms with Gasteiger partial charge >= 0.3 is 0 Å². The summed E-state index contributed by atoms with van der Waals surface area (Å²) in [6.45, 7) is 8.37. The largest absolute Gasteiger partial charge is 0.348 e. The zero-order chi connectivity index (χ0) is 20.4. The van der Waals surface area contributed by atoms with E-state index in [-0.39, 0.29) is 5.91 Å². The Morgan fingerprint density at radius 3 is 2.86 bits per heavy atom. The highest BCUT2D eigenvalue weighted by atomic mass is 32.2. The van der Waals surface area contributed by atoms with Crippen molar-refractivity contribution < 1.29 is 4.79 Å². The number of thioether (sulfide) groups is 1. The minimum absolute atomic E-state index is 0.0336. The number of fused-ring (bicyclic) bond motifs is 1. The standard InChI is InChI=1S/C21H25N5OS2/c1-13-6-5-9-26(10-13)21-25-19-18(29-21)20(23-12-22-19)28-11-16(27)24-17-14(2)7-4-8-15(17)3/h4,7-8,12-13H,5-6,9-11H2,1-3H3,(H,24,27). The first-order valence-electron chi connectivity index (χ1n) is 9.86. The molecule has 3 aromatic rings. The number of anilines is 2. The van der Waals surface area contributed by atoms with Crippen LogP contribution in [0, 0.1) is 19.8 Å². The van der Waals surface area contributed by atoms with E-state index in [4.69, 9.17) is 4.98 Å². The summed E-state index contributed by atoms with van der Waals surface area (Å²) >= 11 is 3.07. The molecule has 1 aliphatic heterocycles. The molecule has 1 atom stereocenters. The lowest BCUT2D eigenvalue weighted by atomic mass is 10.0. The number of amides is 1. The zero-order valence-corrected chi connectivity index (χ0v) is 18.6. The van der Waals surface area contributed by atoms with Crippen molar-refractivity contribution in [3.8, 4) is 0 Å². The van der Waals surface area contributed by atoms with Crippen molar-refractivity contribution in [3.05, 3.63) is 35.7 Å². The van der Waals surface area contributed by atoms with Crippen LogP contribution >= 0.6 is 23.1 Å². The number of carbonyl (C=O) groups is 1. The number of aromatic nitrogens is 3. The zero-order valence-electron chi connectivity index (χ0n) is 16.9. The number of benzene rings is 1. The van der Waals surface area contributed by atoms with Gasteiger partial charge in [0.05, 0.1) is 5.75 Å². The van der Waals surface area contributed by atoms with Gasteiger partial charge in [0.25, 0.3) is 0 Å². The number of aryl methyl sites for hydroxylation is 2. The first-order valence-corrected chi connectivity index (χ1v) is 11.7. The minimum atomic E-state index is -0.0336. The van der Waals surface area contributed by atoms with Crippen molar-refractivity contribution >= 4 is 50.2 Å². The molecule has 0 spiro atoms. The average Bonchev–Trinajstić information content (AvgIpc) is 3.14. The first kappa shape index (κ1) is 20.1. The van der Waals surface area contributed by atoms with E-state index >= 15 is 0 Å². The van der Waals surface area contributed by atoms with Crippen molar-refractivity contribution in [2.75, 3.05) is 29.1 Å². The van der Waals surface area contributed by atoms with Gasteiger partial charge in [-0.2, -0.15) is 4.98 Å². The second-order valence-corrected chi connectivity index (χ2v) is 9.57. The maximum Gasteiger partial charge on any atom is 0.234 e. The smallest absolute Gasteiger partial charge is 0.234 e. The van der Waals surface area contributed by atoms with Gasteiger partial charge in [0, 0.05) is 18.8 Å². The summed E-state index contributed by atoms with van der Waals surface area (Å²) in [5.41, 5.74) is 3.74. The van der Waals surface area contributed by atoms with Crippen LogP contribution < -0.4 is 10.2 Å².